The minimum absolute atomic E-state index is 0.0407. The lowest BCUT2D eigenvalue weighted by atomic mass is 10.0. The number of carbonyl (C=O) groups is 4. The molecular formula is C31H36N8O5. The van der Waals surface area contributed by atoms with E-state index < -0.39 is 18.2 Å². The number of esters is 1. The summed E-state index contributed by atoms with van der Waals surface area (Å²) in [5, 5.41) is 9.09. The molecule has 5 rings (SSSR count). The van der Waals surface area contributed by atoms with E-state index in [9.17, 15) is 19.2 Å². The van der Waals surface area contributed by atoms with Gasteiger partial charge in [-0.3, -0.25) is 14.4 Å². The number of rotatable bonds is 9. The van der Waals surface area contributed by atoms with Crippen LogP contribution in [0.15, 0.2) is 84.7 Å². The number of piperazine rings is 1. The van der Waals surface area contributed by atoms with E-state index in [0.717, 1.165) is 26.9 Å². The lowest BCUT2D eigenvalue weighted by Crippen LogP contribution is -2.74. The van der Waals surface area contributed by atoms with Crippen molar-refractivity contribution in [3.63, 3.8) is 0 Å². The van der Waals surface area contributed by atoms with Crippen molar-refractivity contribution < 1.29 is 23.9 Å². The maximum atomic E-state index is 13.8. The highest BCUT2D eigenvalue weighted by Gasteiger charge is 2.46. The molecular weight excluding hydrogens is 564 g/mol. The number of benzene rings is 3. The van der Waals surface area contributed by atoms with Gasteiger partial charge in [0.05, 0.1) is 26.7 Å². The fourth-order valence-electron chi connectivity index (χ4n) is 5.49. The number of nitrogens with two attached hydrogens (primary N) is 2. The summed E-state index contributed by atoms with van der Waals surface area (Å²) in [6.45, 7) is 0.0336. The van der Waals surface area contributed by atoms with E-state index in [1.165, 1.54) is 28.2 Å². The zero-order chi connectivity index (χ0) is 31.2. The topological polar surface area (TPSA) is 158 Å². The van der Waals surface area contributed by atoms with E-state index in [4.69, 9.17) is 11.6 Å². The first kappa shape index (κ1) is 30.3. The van der Waals surface area contributed by atoms with Crippen molar-refractivity contribution in [1.29, 1.82) is 0 Å². The Morgan fingerprint density at radius 3 is 2.50 bits per heavy atom. The maximum absolute atomic E-state index is 13.8. The number of hydrazine groups is 2. The first-order valence-electron chi connectivity index (χ1n) is 14.2. The van der Waals surface area contributed by atoms with Gasteiger partial charge in [0.2, 0.25) is 11.8 Å². The second-order valence-electron chi connectivity index (χ2n) is 10.7. The van der Waals surface area contributed by atoms with E-state index in [2.05, 4.69) is 10.1 Å². The predicted molar refractivity (Wildman–Crippen MR) is 162 cm³/mol. The van der Waals surface area contributed by atoms with Crippen LogP contribution >= 0.6 is 0 Å². The molecule has 13 heteroatoms. The number of urea groups is 1. The molecule has 44 heavy (non-hydrogen) atoms. The quantitative estimate of drug-likeness (QED) is 0.185. The van der Waals surface area contributed by atoms with E-state index in [1.54, 1.807) is 4.90 Å². The molecule has 2 aliphatic heterocycles. The highest BCUT2D eigenvalue weighted by atomic mass is 16.5. The number of nitrogens with zero attached hydrogens (tertiary/aromatic N) is 5. The third kappa shape index (κ3) is 6.90. The van der Waals surface area contributed by atoms with Gasteiger partial charge in [0, 0.05) is 25.0 Å². The predicted octanol–water partition coefficient (Wildman–Crippen LogP) is 0.928. The number of ether oxygens (including phenoxy) is 1. The van der Waals surface area contributed by atoms with Gasteiger partial charge in [0.15, 0.2) is 0 Å². The highest BCUT2D eigenvalue weighted by molar-refractivity contribution is 5.90. The molecule has 0 bridgehead atoms. The van der Waals surface area contributed by atoms with E-state index >= 15 is 0 Å². The van der Waals surface area contributed by atoms with Gasteiger partial charge in [-0.05, 0) is 21.9 Å². The summed E-state index contributed by atoms with van der Waals surface area (Å²) in [4.78, 5) is 55.2. The van der Waals surface area contributed by atoms with Crippen molar-refractivity contribution in [2.45, 2.75) is 19.3 Å². The number of hydrogen-bond acceptors (Lipinski definition) is 9. The SMILES string of the molecule is COC(=O)CN(N)/C=C(\N)CN1CC(=O)N2CC(=O)N(Cc3cccc4ccccc34)CC2N1C(=O)NCc1ccccc1. The van der Waals surface area contributed by atoms with Crippen LogP contribution in [0.1, 0.15) is 11.1 Å². The van der Waals surface area contributed by atoms with Gasteiger partial charge in [0.1, 0.15) is 19.3 Å². The molecule has 0 spiro atoms. The van der Waals surface area contributed by atoms with E-state index in [1.807, 2.05) is 72.8 Å². The molecule has 13 nitrogen and oxygen atoms in total. The number of fused-ring (bicyclic) bond motifs is 2. The Hall–Kier alpha value is -5.14. The van der Waals surface area contributed by atoms with Gasteiger partial charge in [-0.2, -0.15) is 5.01 Å². The smallest absolute Gasteiger partial charge is 0.334 e. The average Bonchev–Trinajstić information content (AvgIpc) is 3.01. The first-order chi connectivity index (χ1) is 21.2. The van der Waals surface area contributed by atoms with E-state index in [0.29, 0.717) is 6.54 Å². The molecule has 0 aromatic heterocycles. The molecule has 5 N–H and O–H groups in total. The molecule has 1 unspecified atom stereocenters. The van der Waals surface area contributed by atoms with Crippen molar-refractivity contribution in [3.8, 4) is 0 Å². The van der Waals surface area contributed by atoms with Crippen LogP contribution in [0, 0.1) is 0 Å². The molecule has 2 heterocycles. The molecule has 0 aliphatic carbocycles. The molecule has 1 atom stereocenters. The van der Waals surface area contributed by atoms with Gasteiger partial charge >= 0.3 is 12.0 Å². The Balaban J connectivity index is 1.41. The van der Waals surface area contributed by atoms with Crippen molar-refractivity contribution in [1.82, 2.24) is 30.1 Å². The monoisotopic (exact) mass is 600 g/mol. The number of amides is 4. The number of nitrogens with one attached hydrogen (secondary N) is 1. The summed E-state index contributed by atoms with van der Waals surface area (Å²) >= 11 is 0. The Labute approximate surface area is 255 Å². The molecule has 3 aromatic rings. The van der Waals surface area contributed by atoms with Crippen molar-refractivity contribution in [2.75, 3.05) is 39.8 Å². The highest BCUT2D eigenvalue weighted by Crippen LogP contribution is 2.26. The van der Waals surface area contributed by atoms with Gasteiger partial charge in [-0.25, -0.2) is 15.6 Å². The third-order valence-electron chi connectivity index (χ3n) is 7.60. The second kappa shape index (κ2) is 13.4. The van der Waals surface area contributed by atoms with Crippen LogP contribution in [0.3, 0.4) is 0 Å². The molecule has 2 saturated heterocycles. The van der Waals surface area contributed by atoms with Gasteiger partial charge < -0.3 is 30.6 Å². The Morgan fingerprint density at radius 2 is 1.73 bits per heavy atom. The molecule has 230 valence electrons. The lowest BCUT2D eigenvalue weighted by molar-refractivity contribution is -0.181. The van der Waals surface area contributed by atoms with Crippen LogP contribution in [0.5, 0.6) is 0 Å². The Morgan fingerprint density at radius 1 is 1.00 bits per heavy atom. The fourth-order valence-corrected chi connectivity index (χ4v) is 5.49. The number of hydrogen-bond donors (Lipinski definition) is 3. The van der Waals surface area contributed by atoms with Crippen LogP contribution in [0.25, 0.3) is 10.8 Å². The third-order valence-corrected chi connectivity index (χ3v) is 7.60. The van der Waals surface area contributed by atoms with Gasteiger partial charge in [0.25, 0.3) is 0 Å². The largest absolute Gasteiger partial charge is 0.468 e. The van der Waals surface area contributed by atoms with Crippen LogP contribution < -0.4 is 16.9 Å². The molecule has 3 aromatic carbocycles. The Kier molecular flexibility index (Phi) is 9.26. The maximum Gasteiger partial charge on any atom is 0.334 e. The number of carbonyl (C=O) groups excluding carboxylic acids is 4. The second-order valence-corrected chi connectivity index (χ2v) is 10.7. The van der Waals surface area contributed by atoms with E-state index in [-0.39, 0.29) is 56.8 Å². The molecule has 0 saturated carbocycles. The average molecular weight is 601 g/mol. The van der Waals surface area contributed by atoms with Gasteiger partial charge in [-0.1, -0.05) is 72.8 Å². The summed E-state index contributed by atoms with van der Waals surface area (Å²) in [5.41, 5.74) is 8.33. The van der Waals surface area contributed by atoms with Crippen LogP contribution in [0.2, 0.25) is 0 Å². The van der Waals surface area contributed by atoms with Crippen LogP contribution in [-0.4, -0.2) is 94.6 Å². The zero-order valence-electron chi connectivity index (χ0n) is 24.5. The minimum Gasteiger partial charge on any atom is -0.468 e. The van der Waals surface area contributed by atoms with Crippen molar-refractivity contribution in [3.05, 3.63) is 95.8 Å². The summed E-state index contributed by atoms with van der Waals surface area (Å²) in [6.07, 6.45) is 0.571. The minimum atomic E-state index is -0.781. The number of methoxy groups -OCH3 is 1. The molecule has 0 radical (unpaired) electrons. The summed E-state index contributed by atoms with van der Waals surface area (Å²) in [5.74, 6) is 4.81. The summed E-state index contributed by atoms with van der Waals surface area (Å²) in [7, 11) is 1.25. The fraction of sp³-hybridized carbons (Fsp3) is 0.290. The normalized spacial score (nSPS) is 17.5. The van der Waals surface area contributed by atoms with Crippen molar-refractivity contribution >= 4 is 34.6 Å². The zero-order valence-corrected chi connectivity index (χ0v) is 24.5. The van der Waals surface area contributed by atoms with Gasteiger partial charge in [-0.15, -0.1) is 0 Å². The Bertz CT molecular complexity index is 1560. The molecule has 2 aliphatic rings. The lowest BCUT2D eigenvalue weighted by Gasteiger charge is -2.52. The van der Waals surface area contributed by atoms with Crippen molar-refractivity contribution in [2.24, 2.45) is 11.6 Å². The first-order valence-corrected chi connectivity index (χ1v) is 14.2. The summed E-state index contributed by atoms with van der Waals surface area (Å²) < 4.78 is 4.64. The standard InChI is InChI=1S/C31H36N8O5/c1-44-30(42)21-36(33)16-25(32)17-37-19-29(41)38-20-28(40)35(15-24-12-7-11-23-10-5-6-13-26(23)24)18-27(38)39(37)31(43)34-14-22-8-3-2-4-9-22/h2-13,16,27H,14-15,17-21,32-33H2,1H3,(H,34,43)/b25-16-. The molecule has 4 amide bonds. The van der Waals surface area contributed by atoms with Crippen LogP contribution in [0.4, 0.5) is 4.79 Å². The summed E-state index contributed by atoms with van der Waals surface area (Å²) in [6, 6.07) is 22.9. The molecule has 2 fully saturated rings. The van der Waals surface area contributed by atoms with Crippen LogP contribution in [-0.2, 0) is 32.2 Å².